The number of carbonyl (C=O) groups is 1. The van der Waals surface area contributed by atoms with Gasteiger partial charge < -0.3 is 20.1 Å². The molecule has 2 N–H and O–H groups in total. The number of benzene rings is 1. The van der Waals surface area contributed by atoms with Crippen LogP contribution in [-0.4, -0.2) is 69.4 Å². The van der Waals surface area contributed by atoms with Gasteiger partial charge in [0.15, 0.2) is 0 Å². The second-order valence-electron chi connectivity index (χ2n) is 8.43. The smallest absolute Gasteiger partial charge is 0.227 e. The van der Waals surface area contributed by atoms with Crippen LogP contribution >= 0.6 is 36.4 Å². The number of fused-ring (bicyclic) bond motifs is 1. The van der Waals surface area contributed by atoms with Gasteiger partial charge in [-0.2, -0.15) is 0 Å². The number of nitrogens with zero attached hydrogens (tertiary/aromatic N) is 1. The van der Waals surface area contributed by atoms with E-state index in [4.69, 9.17) is 21.1 Å². The Bertz CT molecular complexity index is 706. The lowest BCUT2D eigenvalue weighted by atomic mass is 9.61. The summed E-state index contributed by atoms with van der Waals surface area (Å²) < 4.78 is 11.2. The Morgan fingerprint density at radius 2 is 2.03 bits per heavy atom. The molecule has 0 spiro atoms. The fourth-order valence-corrected chi connectivity index (χ4v) is 5.42. The van der Waals surface area contributed by atoms with E-state index in [2.05, 4.69) is 15.5 Å². The number of hydrogen-bond donors (Lipinski definition) is 2. The summed E-state index contributed by atoms with van der Waals surface area (Å²) in [6.45, 7) is 6.41. The van der Waals surface area contributed by atoms with Crippen molar-refractivity contribution in [2.75, 3.05) is 52.5 Å². The van der Waals surface area contributed by atoms with Crippen LogP contribution in [0, 0.1) is 11.3 Å². The van der Waals surface area contributed by atoms with Gasteiger partial charge in [0, 0.05) is 25.7 Å². The number of halogens is 3. The second kappa shape index (κ2) is 12.5. The number of carbonyl (C=O) groups excluding carboxylic acids is 1. The number of ether oxygens (including phenoxy) is 2. The van der Waals surface area contributed by atoms with E-state index < -0.39 is 0 Å². The van der Waals surface area contributed by atoms with Gasteiger partial charge in [0.1, 0.15) is 12.4 Å². The molecule has 31 heavy (non-hydrogen) atoms. The molecule has 0 aromatic heterocycles. The predicted molar refractivity (Wildman–Crippen MR) is 128 cm³/mol. The summed E-state index contributed by atoms with van der Waals surface area (Å²) in [5.74, 6) is 1.28. The van der Waals surface area contributed by atoms with Gasteiger partial charge in [-0.1, -0.05) is 23.7 Å². The summed E-state index contributed by atoms with van der Waals surface area (Å²) in [6.07, 6.45) is 4.22. The molecule has 1 aromatic rings. The molecule has 6 nitrogen and oxygen atoms in total. The molecule has 3 atom stereocenters. The number of amides is 1. The summed E-state index contributed by atoms with van der Waals surface area (Å²) in [4.78, 5) is 15.8. The molecule has 9 heteroatoms. The van der Waals surface area contributed by atoms with E-state index in [9.17, 15) is 4.79 Å². The highest BCUT2D eigenvalue weighted by atomic mass is 35.5. The lowest BCUT2D eigenvalue weighted by Crippen LogP contribution is -2.60. The average molecular weight is 495 g/mol. The summed E-state index contributed by atoms with van der Waals surface area (Å²) >= 11 is 6.12. The van der Waals surface area contributed by atoms with E-state index in [0.29, 0.717) is 35.9 Å². The van der Waals surface area contributed by atoms with Crippen molar-refractivity contribution >= 4 is 42.3 Å². The fraction of sp³-hybridized carbons (Fsp3) is 0.682. The van der Waals surface area contributed by atoms with Crippen LogP contribution in [0.25, 0.3) is 0 Å². The van der Waals surface area contributed by atoms with E-state index in [-0.39, 0.29) is 36.1 Å². The highest BCUT2D eigenvalue weighted by Gasteiger charge is 2.50. The third kappa shape index (κ3) is 6.18. The number of morpholine rings is 1. The quantitative estimate of drug-likeness (QED) is 0.595. The topological polar surface area (TPSA) is 62.8 Å². The number of hydrogen-bond acceptors (Lipinski definition) is 5. The molecule has 0 unspecified atom stereocenters. The van der Waals surface area contributed by atoms with Crippen molar-refractivity contribution in [1.82, 2.24) is 15.5 Å². The number of piperidine rings is 1. The molecule has 1 aromatic carbocycles. The molecular formula is C22H34Cl3N3O3. The normalized spacial score (nSPS) is 28.4. The minimum absolute atomic E-state index is 0. The third-order valence-corrected chi connectivity index (χ3v) is 7.18. The Morgan fingerprint density at radius 3 is 2.81 bits per heavy atom. The number of rotatable bonds is 6. The molecule has 1 aliphatic carbocycles. The summed E-state index contributed by atoms with van der Waals surface area (Å²) in [5.41, 5.74) is -0.286. The molecular weight excluding hydrogens is 461 g/mol. The Hall–Kier alpha value is -0.760. The van der Waals surface area contributed by atoms with Crippen LogP contribution in [0.3, 0.4) is 0 Å². The van der Waals surface area contributed by atoms with Crippen LogP contribution in [0.4, 0.5) is 0 Å². The molecule has 176 valence electrons. The van der Waals surface area contributed by atoms with Crippen LogP contribution in [0.1, 0.15) is 25.7 Å². The van der Waals surface area contributed by atoms with E-state index in [1.807, 2.05) is 18.2 Å². The lowest BCUT2D eigenvalue weighted by molar-refractivity contribution is -0.140. The van der Waals surface area contributed by atoms with Gasteiger partial charge in [-0.05, 0) is 50.3 Å². The monoisotopic (exact) mass is 493 g/mol. The Morgan fingerprint density at radius 1 is 1.26 bits per heavy atom. The average Bonchev–Trinajstić information content (AvgIpc) is 2.77. The zero-order chi connectivity index (χ0) is 20.1. The first-order valence-electron chi connectivity index (χ1n) is 10.9. The molecule has 0 radical (unpaired) electrons. The van der Waals surface area contributed by atoms with Crippen molar-refractivity contribution in [3.8, 4) is 5.75 Å². The van der Waals surface area contributed by atoms with Crippen molar-refractivity contribution in [3.63, 3.8) is 0 Å². The van der Waals surface area contributed by atoms with Gasteiger partial charge in [0.2, 0.25) is 5.91 Å². The minimum Gasteiger partial charge on any atom is -0.490 e. The van der Waals surface area contributed by atoms with Crippen molar-refractivity contribution in [2.24, 2.45) is 11.3 Å². The standard InChI is InChI=1S/C22H32ClN3O3.2ClH/c23-19-3-1-2-4-20(19)29-12-9-25-21(27)22-7-5-18(26-10-13-28-14-11-26)15-17(22)6-8-24-16-22;;/h1-4,17-18,24H,5-16H2,(H,25,27);2*1H/t17-,18-,22-;;/m1../s1. The van der Waals surface area contributed by atoms with Crippen molar-refractivity contribution in [1.29, 1.82) is 0 Å². The zero-order valence-electron chi connectivity index (χ0n) is 17.8. The highest BCUT2D eigenvalue weighted by molar-refractivity contribution is 6.32. The first kappa shape index (κ1) is 26.5. The zero-order valence-corrected chi connectivity index (χ0v) is 20.2. The molecule has 2 heterocycles. The Labute approximate surface area is 202 Å². The highest BCUT2D eigenvalue weighted by Crippen LogP contribution is 2.46. The second-order valence-corrected chi connectivity index (χ2v) is 8.84. The van der Waals surface area contributed by atoms with Gasteiger partial charge in [-0.3, -0.25) is 9.69 Å². The molecule has 4 rings (SSSR count). The molecule has 2 aliphatic heterocycles. The van der Waals surface area contributed by atoms with Crippen molar-refractivity contribution < 1.29 is 14.3 Å². The van der Waals surface area contributed by atoms with Gasteiger partial charge in [-0.25, -0.2) is 0 Å². The number of para-hydroxylation sites is 1. The summed E-state index contributed by atoms with van der Waals surface area (Å²) in [7, 11) is 0. The van der Waals surface area contributed by atoms with Crippen molar-refractivity contribution in [2.45, 2.75) is 31.7 Å². The van der Waals surface area contributed by atoms with Gasteiger partial charge >= 0.3 is 0 Å². The van der Waals surface area contributed by atoms with Crippen LogP contribution in [0.5, 0.6) is 5.75 Å². The van der Waals surface area contributed by atoms with Crippen molar-refractivity contribution in [3.05, 3.63) is 29.3 Å². The molecule has 3 aliphatic rings. The third-order valence-electron chi connectivity index (χ3n) is 6.87. The van der Waals surface area contributed by atoms with E-state index in [1.165, 1.54) is 0 Å². The maximum Gasteiger partial charge on any atom is 0.227 e. The van der Waals surface area contributed by atoms with E-state index >= 15 is 0 Å². The Kier molecular flexibility index (Phi) is 10.7. The van der Waals surface area contributed by atoms with Crippen LogP contribution in [-0.2, 0) is 9.53 Å². The molecule has 2 saturated heterocycles. The SMILES string of the molecule is Cl.Cl.O=C(NCCOc1ccccc1Cl)[C@@]12CC[C@@H](N3CCOCC3)C[C@H]1CCNC2. The van der Waals surface area contributed by atoms with Gasteiger partial charge in [0.05, 0.1) is 30.2 Å². The molecule has 1 saturated carbocycles. The first-order chi connectivity index (χ1) is 14.2. The summed E-state index contributed by atoms with van der Waals surface area (Å²) in [5, 5.41) is 7.22. The minimum atomic E-state index is -0.286. The predicted octanol–water partition coefficient (Wildman–Crippen LogP) is 3.16. The maximum atomic E-state index is 13.2. The van der Waals surface area contributed by atoms with Crippen LogP contribution in [0.2, 0.25) is 5.02 Å². The summed E-state index contributed by atoms with van der Waals surface area (Å²) in [6, 6.07) is 8.01. The molecule has 0 bridgehead atoms. The van der Waals surface area contributed by atoms with Gasteiger partial charge in [-0.15, -0.1) is 24.8 Å². The fourth-order valence-electron chi connectivity index (χ4n) is 5.23. The van der Waals surface area contributed by atoms with E-state index in [1.54, 1.807) is 6.07 Å². The van der Waals surface area contributed by atoms with Crippen LogP contribution < -0.4 is 15.4 Å². The maximum absolute atomic E-state index is 13.2. The van der Waals surface area contributed by atoms with E-state index in [0.717, 1.165) is 65.1 Å². The van der Waals surface area contributed by atoms with Crippen LogP contribution in [0.15, 0.2) is 24.3 Å². The lowest BCUT2D eigenvalue weighted by Gasteiger charge is -2.50. The Balaban J connectivity index is 0.00000171. The molecule has 1 amide bonds. The largest absolute Gasteiger partial charge is 0.490 e. The van der Waals surface area contributed by atoms with Gasteiger partial charge in [0.25, 0.3) is 0 Å². The number of nitrogens with one attached hydrogen (secondary N) is 2. The first-order valence-corrected chi connectivity index (χ1v) is 11.2. The molecule has 3 fully saturated rings.